The second-order valence-corrected chi connectivity index (χ2v) is 8.92. The highest BCUT2D eigenvalue weighted by molar-refractivity contribution is 6.04. The molecule has 0 saturated carbocycles. The van der Waals surface area contributed by atoms with Gasteiger partial charge < -0.3 is 15.0 Å². The highest BCUT2D eigenvalue weighted by Gasteiger charge is 2.37. The number of amides is 2. The normalized spacial score (nSPS) is 16.2. The van der Waals surface area contributed by atoms with Crippen LogP contribution < -0.4 is 15.0 Å². The number of aromatic nitrogens is 4. The Balaban J connectivity index is 1.57. The topological polar surface area (TPSA) is 102 Å². The van der Waals surface area contributed by atoms with Crippen molar-refractivity contribution in [1.29, 1.82) is 0 Å². The smallest absolute Gasteiger partial charge is 0.252 e. The van der Waals surface area contributed by atoms with Crippen molar-refractivity contribution < 1.29 is 14.3 Å². The summed E-state index contributed by atoms with van der Waals surface area (Å²) < 4.78 is 7.19. The van der Waals surface area contributed by atoms with E-state index < -0.39 is 5.92 Å². The third-order valence-electron chi connectivity index (χ3n) is 5.42. The molecule has 1 fully saturated rings. The van der Waals surface area contributed by atoms with Gasteiger partial charge in [-0.15, -0.1) is 0 Å². The van der Waals surface area contributed by atoms with Crippen LogP contribution in [0.4, 0.5) is 11.5 Å². The quantitative estimate of drug-likeness (QED) is 0.620. The van der Waals surface area contributed by atoms with Crippen molar-refractivity contribution in [3.63, 3.8) is 0 Å². The Hall–Kier alpha value is -3.75. The van der Waals surface area contributed by atoms with Gasteiger partial charge in [0.05, 0.1) is 23.9 Å². The molecule has 9 nitrogen and oxygen atoms in total. The molecule has 0 radical (unpaired) electrons. The summed E-state index contributed by atoms with van der Waals surface area (Å²) in [6.07, 6.45) is 3.36. The Morgan fingerprint density at radius 2 is 1.91 bits per heavy atom. The third kappa shape index (κ3) is 4.72. The van der Waals surface area contributed by atoms with Crippen molar-refractivity contribution in [2.45, 2.75) is 39.5 Å². The highest BCUT2D eigenvalue weighted by atomic mass is 16.5. The van der Waals surface area contributed by atoms with Crippen LogP contribution >= 0.6 is 0 Å². The first-order valence-corrected chi connectivity index (χ1v) is 11.0. The number of rotatable bonds is 6. The molecule has 3 aromatic rings. The zero-order valence-corrected chi connectivity index (χ0v) is 19.3. The summed E-state index contributed by atoms with van der Waals surface area (Å²) in [6, 6.07) is 10.9. The first-order valence-electron chi connectivity index (χ1n) is 11.0. The summed E-state index contributed by atoms with van der Waals surface area (Å²) >= 11 is 0. The van der Waals surface area contributed by atoms with Crippen LogP contribution in [-0.2, 0) is 15.0 Å². The zero-order chi connectivity index (χ0) is 23.6. The van der Waals surface area contributed by atoms with Crippen molar-refractivity contribution in [2.24, 2.45) is 5.92 Å². The van der Waals surface area contributed by atoms with Gasteiger partial charge in [-0.3, -0.25) is 9.59 Å². The van der Waals surface area contributed by atoms with Crippen LogP contribution in [0.25, 0.3) is 5.95 Å². The lowest BCUT2D eigenvalue weighted by atomic mass is 9.92. The maximum Gasteiger partial charge on any atom is 0.252 e. The van der Waals surface area contributed by atoms with E-state index in [4.69, 9.17) is 4.74 Å². The molecular formula is C24H28N6O3. The average Bonchev–Trinajstić information content (AvgIpc) is 3.39. The molecule has 1 atom stereocenters. The van der Waals surface area contributed by atoms with Crippen molar-refractivity contribution >= 4 is 23.3 Å². The molecule has 2 amide bonds. The molecule has 0 aliphatic carbocycles. The molecule has 2 aromatic heterocycles. The fourth-order valence-corrected chi connectivity index (χ4v) is 3.69. The molecule has 3 heterocycles. The molecule has 172 valence electrons. The second-order valence-electron chi connectivity index (χ2n) is 8.92. The van der Waals surface area contributed by atoms with Crippen molar-refractivity contribution in [2.75, 3.05) is 23.4 Å². The SMILES string of the molecule is CCOc1ccccc1N1CC(C(=O)Nc2cc(C(C)(C)C)nn2-c2ncccn2)CC1=O. The van der Waals surface area contributed by atoms with Gasteiger partial charge in [-0.1, -0.05) is 32.9 Å². The van der Waals surface area contributed by atoms with Crippen LogP contribution in [0.5, 0.6) is 5.75 Å². The predicted molar refractivity (Wildman–Crippen MR) is 125 cm³/mol. The Labute approximate surface area is 192 Å². The lowest BCUT2D eigenvalue weighted by Crippen LogP contribution is -2.29. The number of hydrogen-bond acceptors (Lipinski definition) is 6. The molecule has 4 rings (SSSR count). The summed E-state index contributed by atoms with van der Waals surface area (Å²) in [7, 11) is 0. The fraction of sp³-hybridized carbons (Fsp3) is 0.375. The van der Waals surface area contributed by atoms with Crippen LogP contribution in [0.15, 0.2) is 48.8 Å². The van der Waals surface area contributed by atoms with Crippen LogP contribution in [0, 0.1) is 5.92 Å². The van der Waals surface area contributed by atoms with E-state index in [0.29, 0.717) is 29.8 Å². The van der Waals surface area contributed by atoms with E-state index in [9.17, 15) is 9.59 Å². The van der Waals surface area contributed by atoms with Crippen LogP contribution in [0.1, 0.15) is 39.8 Å². The minimum Gasteiger partial charge on any atom is -0.492 e. The van der Waals surface area contributed by atoms with Gasteiger partial charge in [0, 0.05) is 36.8 Å². The minimum absolute atomic E-state index is 0.113. The lowest BCUT2D eigenvalue weighted by molar-refractivity contribution is -0.122. The molecule has 1 aromatic carbocycles. The Morgan fingerprint density at radius 1 is 1.18 bits per heavy atom. The molecular weight excluding hydrogens is 420 g/mol. The molecule has 1 aliphatic rings. The first kappa shape index (κ1) is 22.4. The van der Waals surface area contributed by atoms with Gasteiger partial charge in [-0.25, -0.2) is 9.97 Å². The average molecular weight is 449 g/mol. The summed E-state index contributed by atoms with van der Waals surface area (Å²) in [5.74, 6) is 0.582. The summed E-state index contributed by atoms with van der Waals surface area (Å²) in [5, 5.41) is 7.57. The minimum atomic E-state index is -0.509. The molecule has 1 saturated heterocycles. The van der Waals surface area contributed by atoms with Gasteiger partial charge in [-0.05, 0) is 25.1 Å². The van der Waals surface area contributed by atoms with Gasteiger partial charge in [-0.2, -0.15) is 9.78 Å². The Kier molecular flexibility index (Phi) is 6.13. The number of hydrogen-bond donors (Lipinski definition) is 1. The highest BCUT2D eigenvalue weighted by Crippen LogP contribution is 2.33. The van der Waals surface area contributed by atoms with Gasteiger partial charge in [0.25, 0.3) is 5.95 Å². The summed E-state index contributed by atoms with van der Waals surface area (Å²) in [6.45, 7) is 8.78. The van der Waals surface area contributed by atoms with Crippen molar-refractivity contribution in [3.8, 4) is 11.7 Å². The number of benzene rings is 1. The number of ether oxygens (including phenoxy) is 1. The summed E-state index contributed by atoms with van der Waals surface area (Å²) in [4.78, 5) is 36.1. The van der Waals surface area contributed by atoms with Crippen LogP contribution in [-0.4, -0.2) is 44.7 Å². The van der Waals surface area contributed by atoms with Crippen molar-refractivity contribution in [1.82, 2.24) is 19.7 Å². The number of nitrogens with one attached hydrogen (secondary N) is 1. The molecule has 33 heavy (non-hydrogen) atoms. The molecule has 1 N–H and O–H groups in total. The third-order valence-corrected chi connectivity index (χ3v) is 5.42. The van der Waals surface area contributed by atoms with E-state index in [-0.39, 0.29) is 30.2 Å². The monoisotopic (exact) mass is 448 g/mol. The first-order chi connectivity index (χ1) is 15.8. The molecule has 0 spiro atoms. The molecule has 1 aliphatic heterocycles. The lowest BCUT2D eigenvalue weighted by Gasteiger charge is -2.20. The second kappa shape index (κ2) is 9.01. The van der Waals surface area contributed by atoms with E-state index in [1.807, 2.05) is 58.0 Å². The zero-order valence-electron chi connectivity index (χ0n) is 19.3. The van der Waals surface area contributed by atoms with E-state index >= 15 is 0 Å². The summed E-state index contributed by atoms with van der Waals surface area (Å²) in [5.41, 5.74) is 1.24. The molecule has 9 heteroatoms. The maximum absolute atomic E-state index is 13.2. The van der Waals surface area contributed by atoms with E-state index in [1.165, 1.54) is 4.68 Å². The van der Waals surface area contributed by atoms with E-state index in [0.717, 1.165) is 5.69 Å². The number of nitrogens with zero attached hydrogens (tertiary/aromatic N) is 5. The number of carbonyl (C=O) groups excluding carboxylic acids is 2. The van der Waals surface area contributed by atoms with Crippen LogP contribution in [0.2, 0.25) is 0 Å². The van der Waals surface area contributed by atoms with Gasteiger partial charge >= 0.3 is 0 Å². The molecule has 1 unspecified atom stereocenters. The largest absolute Gasteiger partial charge is 0.492 e. The number of para-hydroxylation sites is 2. The number of anilines is 2. The maximum atomic E-state index is 13.2. The fourth-order valence-electron chi connectivity index (χ4n) is 3.69. The van der Waals surface area contributed by atoms with E-state index in [2.05, 4.69) is 20.4 Å². The number of carbonyl (C=O) groups is 2. The Bertz CT molecular complexity index is 1150. The van der Waals surface area contributed by atoms with Gasteiger partial charge in [0.1, 0.15) is 11.6 Å². The molecule has 0 bridgehead atoms. The van der Waals surface area contributed by atoms with Crippen LogP contribution in [0.3, 0.4) is 0 Å². The van der Waals surface area contributed by atoms with E-state index in [1.54, 1.807) is 23.4 Å². The van der Waals surface area contributed by atoms with Gasteiger partial charge in [0.15, 0.2) is 0 Å². The Morgan fingerprint density at radius 3 is 2.61 bits per heavy atom. The van der Waals surface area contributed by atoms with Gasteiger partial charge in [0.2, 0.25) is 11.8 Å². The standard InChI is InChI=1S/C24H28N6O3/c1-5-33-18-10-7-6-9-17(18)29-15-16(13-21(29)31)22(32)27-20-14-19(24(2,3)4)28-30(20)23-25-11-8-12-26-23/h6-12,14,16H,5,13,15H2,1-4H3,(H,27,32). The van der Waals surface area contributed by atoms with Crippen molar-refractivity contribution in [3.05, 3.63) is 54.5 Å². The predicted octanol–water partition coefficient (Wildman–Crippen LogP) is 3.35.